The van der Waals surface area contributed by atoms with Crippen molar-refractivity contribution in [2.45, 2.75) is 13.0 Å². The van der Waals surface area contributed by atoms with Gasteiger partial charge >= 0.3 is 0 Å². The maximum atomic E-state index is 12.1. The van der Waals surface area contributed by atoms with Crippen LogP contribution < -0.4 is 10.6 Å². The summed E-state index contributed by atoms with van der Waals surface area (Å²) in [6.45, 7) is 1.90. The minimum absolute atomic E-state index is 0.0180. The van der Waals surface area contributed by atoms with E-state index in [1.165, 1.54) is 0 Å². The number of anilines is 1. The third-order valence-electron chi connectivity index (χ3n) is 3.40. The number of hydrogen-bond acceptors (Lipinski definition) is 4. The summed E-state index contributed by atoms with van der Waals surface area (Å²) in [4.78, 5) is 25.7. The van der Waals surface area contributed by atoms with Crippen LogP contribution >= 0.6 is 23.2 Å². The number of halogens is 2. The average Bonchev–Trinajstić information content (AvgIpc) is 3.05. The number of carbonyl (C=O) groups excluding carboxylic acids is 2. The Morgan fingerprint density at radius 1 is 1.12 bits per heavy atom. The largest absolute Gasteiger partial charge is 0.467 e. The van der Waals surface area contributed by atoms with Crippen molar-refractivity contribution in [3.05, 3.63) is 52.4 Å². The Labute approximate surface area is 156 Å². The van der Waals surface area contributed by atoms with Gasteiger partial charge in [0.1, 0.15) is 5.76 Å². The summed E-state index contributed by atoms with van der Waals surface area (Å²) in [5.41, 5.74) is 0.361. The molecule has 6 nitrogen and oxygen atoms in total. The van der Waals surface area contributed by atoms with Gasteiger partial charge in [0.25, 0.3) is 0 Å². The number of nitrogens with one attached hydrogen (secondary N) is 2. The van der Waals surface area contributed by atoms with Gasteiger partial charge in [-0.2, -0.15) is 0 Å². The minimum atomic E-state index is -0.315. The molecule has 1 unspecified atom stereocenters. The zero-order valence-electron chi connectivity index (χ0n) is 13.9. The lowest BCUT2D eigenvalue weighted by molar-refractivity contribution is -0.123. The molecule has 0 aliphatic rings. The van der Waals surface area contributed by atoms with Gasteiger partial charge in [-0.1, -0.05) is 29.3 Å². The maximum absolute atomic E-state index is 12.1. The fourth-order valence-corrected chi connectivity index (χ4v) is 2.73. The van der Waals surface area contributed by atoms with Crippen LogP contribution in [0.1, 0.15) is 18.7 Å². The SMILES string of the molecule is CC(NC(=O)CN(C)CC(=O)Nc1c(Cl)cccc1Cl)c1ccco1. The van der Waals surface area contributed by atoms with Crippen molar-refractivity contribution < 1.29 is 14.0 Å². The van der Waals surface area contributed by atoms with E-state index >= 15 is 0 Å². The number of furan rings is 1. The van der Waals surface area contributed by atoms with Gasteiger partial charge in [-0.05, 0) is 38.2 Å². The molecule has 8 heteroatoms. The molecule has 2 N–H and O–H groups in total. The van der Waals surface area contributed by atoms with Gasteiger partial charge in [-0.25, -0.2) is 0 Å². The monoisotopic (exact) mass is 383 g/mol. The molecule has 0 radical (unpaired) electrons. The van der Waals surface area contributed by atoms with Crippen molar-refractivity contribution in [2.24, 2.45) is 0 Å². The van der Waals surface area contributed by atoms with Gasteiger partial charge in [0.05, 0.1) is 41.1 Å². The van der Waals surface area contributed by atoms with Crippen LogP contribution in [0.25, 0.3) is 0 Å². The highest BCUT2D eigenvalue weighted by Crippen LogP contribution is 2.29. The van der Waals surface area contributed by atoms with Gasteiger partial charge in [-0.15, -0.1) is 0 Å². The van der Waals surface area contributed by atoms with Crippen LogP contribution in [0.15, 0.2) is 41.0 Å². The zero-order chi connectivity index (χ0) is 18.4. The van der Waals surface area contributed by atoms with Crippen molar-refractivity contribution in [3.8, 4) is 0 Å². The number of rotatable bonds is 7. The van der Waals surface area contributed by atoms with Crippen molar-refractivity contribution in [1.29, 1.82) is 0 Å². The molecule has 0 saturated heterocycles. The van der Waals surface area contributed by atoms with Crippen LogP contribution in [0.4, 0.5) is 5.69 Å². The Balaban J connectivity index is 1.82. The third-order valence-corrected chi connectivity index (χ3v) is 4.03. The zero-order valence-corrected chi connectivity index (χ0v) is 15.4. The van der Waals surface area contributed by atoms with E-state index in [0.717, 1.165) is 0 Å². The number of likely N-dealkylation sites (N-methyl/N-ethyl adjacent to an activating group) is 1. The second-order valence-electron chi connectivity index (χ2n) is 5.62. The highest BCUT2D eigenvalue weighted by Gasteiger charge is 2.16. The van der Waals surface area contributed by atoms with Gasteiger partial charge in [-0.3, -0.25) is 14.5 Å². The molecule has 0 aliphatic heterocycles. The Morgan fingerprint density at radius 2 is 1.76 bits per heavy atom. The molecule has 1 heterocycles. The summed E-state index contributed by atoms with van der Waals surface area (Å²) < 4.78 is 5.24. The smallest absolute Gasteiger partial charge is 0.238 e. The molecule has 1 aromatic heterocycles. The highest BCUT2D eigenvalue weighted by atomic mass is 35.5. The molecule has 0 saturated carbocycles. The molecular formula is C17H19Cl2N3O3. The second kappa shape index (κ2) is 8.89. The molecule has 2 amide bonds. The van der Waals surface area contributed by atoms with Crippen molar-refractivity contribution in [1.82, 2.24) is 10.2 Å². The normalized spacial score (nSPS) is 12.0. The van der Waals surface area contributed by atoms with Crippen LogP contribution in [0.3, 0.4) is 0 Å². The van der Waals surface area contributed by atoms with Crippen LogP contribution in [-0.4, -0.2) is 36.9 Å². The first-order valence-electron chi connectivity index (χ1n) is 7.62. The molecule has 134 valence electrons. The van der Waals surface area contributed by atoms with Gasteiger partial charge in [0.15, 0.2) is 0 Å². The number of nitrogens with zero attached hydrogens (tertiary/aromatic N) is 1. The standard InChI is InChI=1S/C17H19Cl2N3O3/c1-11(14-7-4-8-25-14)20-15(23)9-22(2)10-16(24)21-17-12(18)5-3-6-13(17)19/h3-8,11H,9-10H2,1-2H3,(H,20,23)(H,21,24). The quantitative estimate of drug-likeness (QED) is 0.768. The Kier molecular flexibility index (Phi) is 6.87. The lowest BCUT2D eigenvalue weighted by Gasteiger charge is -2.18. The molecule has 0 aliphatic carbocycles. The van der Waals surface area contributed by atoms with Crippen LogP contribution in [0.5, 0.6) is 0 Å². The number of hydrogen-bond donors (Lipinski definition) is 2. The summed E-state index contributed by atoms with van der Waals surface area (Å²) in [6, 6.07) is 8.26. The highest BCUT2D eigenvalue weighted by molar-refractivity contribution is 6.39. The molecule has 0 fully saturated rings. The predicted molar refractivity (Wildman–Crippen MR) is 97.9 cm³/mol. The number of para-hydroxylation sites is 1. The van der Waals surface area contributed by atoms with E-state index in [1.807, 2.05) is 6.92 Å². The molecule has 2 aromatic rings. The van der Waals surface area contributed by atoms with Crippen molar-refractivity contribution in [2.75, 3.05) is 25.5 Å². The van der Waals surface area contributed by atoms with E-state index in [-0.39, 0.29) is 30.9 Å². The van der Waals surface area contributed by atoms with E-state index in [0.29, 0.717) is 21.5 Å². The predicted octanol–water partition coefficient (Wildman–Crippen LogP) is 3.33. The van der Waals surface area contributed by atoms with Crippen LogP contribution in [0, 0.1) is 0 Å². The fourth-order valence-electron chi connectivity index (χ4n) is 2.24. The summed E-state index contributed by atoms with van der Waals surface area (Å²) in [7, 11) is 1.67. The fraction of sp³-hybridized carbons (Fsp3) is 0.294. The molecule has 0 bridgehead atoms. The van der Waals surface area contributed by atoms with E-state index < -0.39 is 0 Å². The molecular weight excluding hydrogens is 365 g/mol. The van der Waals surface area contributed by atoms with Crippen LogP contribution in [-0.2, 0) is 9.59 Å². The van der Waals surface area contributed by atoms with Gasteiger partial charge in [0.2, 0.25) is 11.8 Å². The van der Waals surface area contributed by atoms with E-state index in [1.54, 1.807) is 48.5 Å². The topological polar surface area (TPSA) is 74.6 Å². The lowest BCUT2D eigenvalue weighted by Crippen LogP contribution is -2.39. The average molecular weight is 384 g/mol. The van der Waals surface area contributed by atoms with Gasteiger partial charge in [0, 0.05) is 0 Å². The summed E-state index contributed by atoms with van der Waals surface area (Å²) in [5, 5.41) is 6.17. The second-order valence-corrected chi connectivity index (χ2v) is 6.44. The van der Waals surface area contributed by atoms with Crippen LogP contribution in [0.2, 0.25) is 10.0 Å². The van der Waals surface area contributed by atoms with E-state index in [2.05, 4.69) is 10.6 Å². The van der Waals surface area contributed by atoms with Crippen molar-refractivity contribution >= 4 is 40.7 Å². The summed E-state index contributed by atoms with van der Waals surface area (Å²) in [6.07, 6.45) is 1.55. The maximum Gasteiger partial charge on any atom is 0.238 e. The molecule has 0 spiro atoms. The third kappa shape index (κ3) is 5.77. The summed E-state index contributed by atoms with van der Waals surface area (Å²) >= 11 is 12.0. The Bertz CT molecular complexity index is 714. The number of amides is 2. The molecule has 1 atom stereocenters. The van der Waals surface area contributed by atoms with E-state index in [9.17, 15) is 9.59 Å². The first kappa shape index (κ1) is 19.3. The van der Waals surface area contributed by atoms with Gasteiger partial charge < -0.3 is 15.1 Å². The molecule has 25 heavy (non-hydrogen) atoms. The Morgan fingerprint density at radius 3 is 2.36 bits per heavy atom. The summed E-state index contributed by atoms with van der Waals surface area (Å²) in [5.74, 6) is 0.140. The first-order valence-corrected chi connectivity index (χ1v) is 8.37. The first-order chi connectivity index (χ1) is 11.9. The lowest BCUT2D eigenvalue weighted by atomic mass is 10.2. The van der Waals surface area contributed by atoms with E-state index in [4.69, 9.17) is 27.6 Å². The number of benzene rings is 1. The minimum Gasteiger partial charge on any atom is -0.467 e. The van der Waals surface area contributed by atoms with Crippen molar-refractivity contribution in [3.63, 3.8) is 0 Å². The molecule has 2 rings (SSSR count). The molecule has 1 aromatic carbocycles. The number of carbonyl (C=O) groups is 2. The Hall–Kier alpha value is -2.02.